The predicted octanol–water partition coefficient (Wildman–Crippen LogP) is 2.02. The van der Waals surface area contributed by atoms with Crippen LogP contribution in [0.1, 0.15) is 18.4 Å². The summed E-state index contributed by atoms with van der Waals surface area (Å²) < 4.78 is 0. The van der Waals surface area contributed by atoms with Crippen molar-refractivity contribution < 1.29 is 0 Å². The van der Waals surface area contributed by atoms with Crippen LogP contribution in [-0.2, 0) is 6.42 Å². The second kappa shape index (κ2) is 3.86. The van der Waals surface area contributed by atoms with Gasteiger partial charge in [-0.25, -0.2) is 0 Å². The highest BCUT2D eigenvalue weighted by Crippen LogP contribution is 2.28. The van der Waals surface area contributed by atoms with Crippen LogP contribution in [0.3, 0.4) is 0 Å². The number of rotatable bonds is 4. The van der Waals surface area contributed by atoms with Gasteiger partial charge in [-0.2, -0.15) is 0 Å². The molecule has 1 aromatic rings. The van der Waals surface area contributed by atoms with E-state index in [0.29, 0.717) is 6.04 Å². The van der Waals surface area contributed by atoms with E-state index in [4.69, 9.17) is 0 Å². The molecule has 3 rings (SSSR count). The largest absolute Gasteiger partial charge is 0.380 e. The van der Waals surface area contributed by atoms with Crippen LogP contribution >= 0.6 is 0 Å². The highest BCUT2D eigenvalue weighted by Gasteiger charge is 2.23. The Morgan fingerprint density at radius 1 is 1.20 bits per heavy atom. The Labute approximate surface area is 91.1 Å². The molecule has 1 fully saturated rings. The summed E-state index contributed by atoms with van der Waals surface area (Å²) in [6.45, 7) is 2.32. The van der Waals surface area contributed by atoms with E-state index < -0.39 is 0 Å². The Morgan fingerprint density at radius 3 is 2.87 bits per heavy atom. The maximum Gasteiger partial charge on any atom is 0.0427 e. The zero-order chi connectivity index (χ0) is 10.1. The summed E-state index contributed by atoms with van der Waals surface area (Å²) >= 11 is 0. The standard InChI is InChI=1S/C13H18N2/c1-2-4-13-11(3-1)7-12(15-13)9-14-8-10-5-6-10/h1-4,10,12,14-15H,5-9H2. The van der Waals surface area contributed by atoms with E-state index >= 15 is 0 Å². The molecule has 1 atom stereocenters. The summed E-state index contributed by atoms with van der Waals surface area (Å²) in [5.74, 6) is 0.980. The van der Waals surface area contributed by atoms with Gasteiger partial charge in [-0.15, -0.1) is 0 Å². The second-order valence-electron chi connectivity index (χ2n) is 4.80. The first-order valence-corrected chi connectivity index (χ1v) is 5.97. The minimum atomic E-state index is 0.598. The molecule has 0 amide bonds. The monoisotopic (exact) mass is 202 g/mol. The molecule has 0 saturated heterocycles. The van der Waals surface area contributed by atoms with Gasteiger partial charge in [0.2, 0.25) is 0 Å². The normalized spacial score (nSPS) is 23.6. The summed E-state index contributed by atoms with van der Waals surface area (Å²) in [5, 5.41) is 7.13. The lowest BCUT2D eigenvalue weighted by Gasteiger charge is -2.11. The van der Waals surface area contributed by atoms with Gasteiger partial charge in [0, 0.05) is 18.3 Å². The van der Waals surface area contributed by atoms with E-state index in [9.17, 15) is 0 Å². The molecule has 0 bridgehead atoms. The van der Waals surface area contributed by atoms with E-state index in [1.807, 2.05) is 0 Å². The van der Waals surface area contributed by atoms with Gasteiger partial charge in [-0.05, 0) is 43.4 Å². The number of hydrogen-bond donors (Lipinski definition) is 2. The molecule has 2 N–H and O–H groups in total. The maximum atomic E-state index is 3.57. The van der Waals surface area contributed by atoms with E-state index in [0.717, 1.165) is 12.5 Å². The molecule has 15 heavy (non-hydrogen) atoms. The van der Waals surface area contributed by atoms with Gasteiger partial charge in [-0.1, -0.05) is 18.2 Å². The summed E-state index contributed by atoms with van der Waals surface area (Å²) in [6, 6.07) is 9.23. The van der Waals surface area contributed by atoms with Gasteiger partial charge in [0.1, 0.15) is 0 Å². The van der Waals surface area contributed by atoms with Gasteiger partial charge < -0.3 is 10.6 Å². The Morgan fingerprint density at radius 2 is 2.07 bits per heavy atom. The van der Waals surface area contributed by atoms with Crippen molar-refractivity contribution >= 4 is 5.69 Å². The van der Waals surface area contributed by atoms with E-state index in [-0.39, 0.29) is 0 Å². The average Bonchev–Trinajstić information content (AvgIpc) is 2.97. The molecule has 0 aromatic heterocycles. The van der Waals surface area contributed by atoms with Crippen molar-refractivity contribution in [1.82, 2.24) is 5.32 Å². The lowest BCUT2D eigenvalue weighted by molar-refractivity contribution is 0.588. The van der Waals surface area contributed by atoms with Crippen molar-refractivity contribution in [2.75, 3.05) is 18.4 Å². The highest BCUT2D eigenvalue weighted by atomic mass is 15.0. The third-order valence-corrected chi connectivity index (χ3v) is 3.36. The summed E-state index contributed by atoms with van der Waals surface area (Å²) in [7, 11) is 0. The fourth-order valence-electron chi connectivity index (χ4n) is 2.28. The smallest absolute Gasteiger partial charge is 0.0427 e. The minimum Gasteiger partial charge on any atom is -0.380 e. The molecular weight excluding hydrogens is 184 g/mol. The second-order valence-corrected chi connectivity index (χ2v) is 4.80. The summed E-state index contributed by atoms with van der Waals surface area (Å²) in [4.78, 5) is 0. The number of anilines is 1. The van der Waals surface area contributed by atoms with E-state index in [1.165, 1.54) is 37.1 Å². The molecule has 0 spiro atoms. The van der Waals surface area contributed by atoms with Crippen LogP contribution in [0.2, 0.25) is 0 Å². The van der Waals surface area contributed by atoms with Crippen LogP contribution in [-0.4, -0.2) is 19.1 Å². The van der Waals surface area contributed by atoms with Crippen molar-refractivity contribution in [2.45, 2.75) is 25.3 Å². The first-order valence-electron chi connectivity index (χ1n) is 5.97. The zero-order valence-electron chi connectivity index (χ0n) is 9.00. The molecule has 1 saturated carbocycles. The summed E-state index contributed by atoms with van der Waals surface area (Å²) in [6.07, 6.45) is 4.05. The lowest BCUT2D eigenvalue weighted by atomic mass is 10.1. The molecule has 0 radical (unpaired) electrons. The topological polar surface area (TPSA) is 24.1 Å². The highest BCUT2D eigenvalue weighted by molar-refractivity contribution is 5.56. The molecule has 1 aliphatic heterocycles. The number of benzene rings is 1. The quantitative estimate of drug-likeness (QED) is 0.780. The third-order valence-electron chi connectivity index (χ3n) is 3.36. The minimum absolute atomic E-state index is 0.598. The molecular formula is C13H18N2. The Bertz CT molecular complexity index is 319. The molecule has 2 heteroatoms. The first kappa shape index (κ1) is 9.22. The summed E-state index contributed by atoms with van der Waals surface area (Å²) in [5.41, 5.74) is 2.80. The van der Waals surface area contributed by atoms with Crippen molar-refractivity contribution in [2.24, 2.45) is 5.92 Å². The van der Waals surface area contributed by atoms with E-state index in [1.54, 1.807) is 0 Å². The van der Waals surface area contributed by atoms with Gasteiger partial charge in [0.25, 0.3) is 0 Å². The van der Waals surface area contributed by atoms with Crippen LogP contribution in [0.15, 0.2) is 24.3 Å². The van der Waals surface area contributed by atoms with Crippen LogP contribution < -0.4 is 10.6 Å². The molecule has 2 nitrogen and oxygen atoms in total. The SMILES string of the molecule is c1ccc2c(c1)CC(CNCC1CC1)N2. The van der Waals surface area contributed by atoms with E-state index in [2.05, 4.69) is 34.9 Å². The van der Waals surface area contributed by atoms with Crippen molar-refractivity contribution in [3.8, 4) is 0 Å². The Balaban J connectivity index is 1.50. The van der Waals surface area contributed by atoms with Crippen LogP contribution in [0, 0.1) is 5.92 Å². The predicted molar refractivity (Wildman–Crippen MR) is 63.2 cm³/mol. The molecule has 1 aromatic carbocycles. The fraction of sp³-hybridized carbons (Fsp3) is 0.538. The molecule has 1 aliphatic carbocycles. The van der Waals surface area contributed by atoms with Crippen LogP contribution in [0.4, 0.5) is 5.69 Å². The number of hydrogen-bond acceptors (Lipinski definition) is 2. The van der Waals surface area contributed by atoms with Crippen molar-refractivity contribution in [3.05, 3.63) is 29.8 Å². The van der Waals surface area contributed by atoms with Crippen molar-refractivity contribution in [1.29, 1.82) is 0 Å². The Hall–Kier alpha value is -1.02. The number of para-hydroxylation sites is 1. The lowest BCUT2D eigenvalue weighted by Crippen LogP contribution is -2.32. The third kappa shape index (κ3) is 2.15. The molecule has 1 unspecified atom stereocenters. The number of fused-ring (bicyclic) bond motifs is 1. The molecule has 80 valence electrons. The van der Waals surface area contributed by atoms with Gasteiger partial charge in [0.05, 0.1) is 0 Å². The maximum absolute atomic E-state index is 3.57. The first-order chi connectivity index (χ1) is 7.42. The average molecular weight is 202 g/mol. The molecule has 2 aliphatic rings. The van der Waals surface area contributed by atoms with Crippen LogP contribution in [0.5, 0.6) is 0 Å². The van der Waals surface area contributed by atoms with Crippen LogP contribution in [0.25, 0.3) is 0 Å². The number of nitrogens with one attached hydrogen (secondary N) is 2. The Kier molecular flexibility index (Phi) is 2.37. The van der Waals surface area contributed by atoms with Gasteiger partial charge in [-0.3, -0.25) is 0 Å². The zero-order valence-corrected chi connectivity index (χ0v) is 9.00. The van der Waals surface area contributed by atoms with Crippen molar-refractivity contribution in [3.63, 3.8) is 0 Å². The molecule has 1 heterocycles. The van der Waals surface area contributed by atoms with Gasteiger partial charge >= 0.3 is 0 Å². The van der Waals surface area contributed by atoms with Gasteiger partial charge in [0.15, 0.2) is 0 Å². The fourth-order valence-corrected chi connectivity index (χ4v) is 2.28.